The van der Waals surface area contributed by atoms with Gasteiger partial charge in [-0.15, -0.1) is 11.3 Å². The predicted molar refractivity (Wildman–Crippen MR) is 81.1 cm³/mol. The lowest BCUT2D eigenvalue weighted by atomic mass is 10.3. The Hall–Kier alpha value is -1.16. The van der Waals surface area contributed by atoms with E-state index in [9.17, 15) is 13.2 Å². The summed E-state index contributed by atoms with van der Waals surface area (Å²) in [4.78, 5) is 16.2. The minimum Gasteiger partial charge on any atom is -0.353 e. The molecule has 10 heteroatoms. The zero-order valence-corrected chi connectivity index (χ0v) is 14.0. The number of aromatic nitrogens is 2. The second-order valence-corrected chi connectivity index (χ2v) is 7.63. The molecule has 0 spiro atoms. The highest BCUT2D eigenvalue weighted by Gasteiger charge is 2.28. The Labute approximate surface area is 131 Å². The number of hydrogen-bond acceptors (Lipinski definition) is 5. The molecule has 0 bridgehead atoms. The van der Waals surface area contributed by atoms with Crippen molar-refractivity contribution in [2.24, 2.45) is 0 Å². The van der Waals surface area contributed by atoms with Crippen molar-refractivity contribution in [1.82, 2.24) is 19.4 Å². The molecule has 0 radical (unpaired) electrons. The molecule has 0 saturated carbocycles. The van der Waals surface area contributed by atoms with Crippen LogP contribution in [0.15, 0.2) is 16.6 Å². The molecule has 1 amide bonds. The van der Waals surface area contributed by atoms with E-state index in [2.05, 4.69) is 15.0 Å². The van der Waals surface area contributed by atoms with Crippen molar-refractivity contribution >= 4 is 43.8 Å². The van der Waals surface area contributed by atoms with Crippen LogP contribution in [0.3, 0.4) is 0 Å². The molecule has 0 aliphatic rings. The van der Waals surface area contributed by atoms with Gasteiger partial charge in [0, 0.05) is 17.6 Å². The SMILES string of the molecule is CC(C)NC(=O)C(C)NS(=O)(=O)c1c(Cl)nc2sccn12. The fourth-order valence-electron chi connectivity index (χ4n) is 1.73. The lowest BCUT2D eigenvalue weighted by molar-refractivity contribution is -0.122. The first kappa shape index (κ1) is 16.2. The third kappa shape index (κ3) is 3.37. The summed E-state index contributed by atoms with van der Waals surface area (Å²) in [5.74, 6) is -0.407. The summed E-state index contributed by atoms with van der Waals surface area (Å²) in [5, 5.41) is 4.06. The zero-order valence-electron chi connectivity index (χ0n) is 11.6. The number of nitrogens with zero attached hydrogens (tertiary/aromatic N) is 2. The molecular formula is C11H15ClN4O3S2. The number of imidazole rings is 1. The molecule has 2 rings (SSSR count). The zero-order chi connectivity index (χ0) is 15.8. The maximum absolute atomic E-state index is 12.4. The van der Waals surface area contributed by atoms with Gasteiger partial charge in [-0.3, -0.25) is 9.20 Å². The van der Waals surface area contributed by atoms with Gasteiger partial charge in [0.05, 0.1) is 6.04 Å². The standard InChI is InChI=1S/C11H15ClN4O3S2/c1-6(2)13-9(17)7(3)15-21(18,19)10-8(12)14-11-16(10)4-5-20-11/h4-7,15H,1-3H3,(H,13,17). The number of rotatable bonds is 5. The molecule has 21 heavy (non-hydrogen) atoms. The summed E-state index contributed by atoms with van der Waals surface area (Å²) in [6.07, 6.45) is 1.56. The smallest absolute Gasteiger partial charge is 0.260 e. The number of hydrogen-bond donors (Lipinski definition) is 2. The molecule has 2 aromatic heterocycles. The summed E-state index contributed by atoms with van der Waals surface area (Å²) < 4.78 is 28.5. The third-order valence-corrected chi connectivity index (χ3v) is 5.28. The largest absolute Gasteiger partial charge is 0.353 e. The number of fused-ring (bicyclic) bond motifs is 1. The molecule has 0 saturated heterocycles. The summed E-state index contributed by atoms with van der Waals surface area (Å²) in [6.45, 7) is 5.05. The summed E-state index contributed by atoms with van der Waals surface area (Å²) in [6, 6.07) is -0.996. The van der Waals surface area contributed by atoms with E-state index in [-0.39, 0.29) is 16.2 Å². The predicted octanol–water partition coefficient (Wildman–Crippen LogP) is 1.24. The fraction of sp³-hybridized carbons (Fsp3) is 0.455. The molecule has 7 nitrogen and oxygen atoms in total. The lowest BCUT2D eigenvalue weighted by Crippen LogP contribution is -2.46. The number of sulfonamides is 1. The van der Waals surface area contributed by atoms with Gasteiger partial charge in [-0.2, -0.15) is 4.72 Å². The van der Waals surface area contributed by atoms with Crippen LogP contribution in [0.1, 0.15) is 20.8 Å². The first-order valence-corrected chi connectivity index (χ1v) is 8.90. The van der Waals surface area contributed by atoms with Crippen molar-refractivity contribution in [3.8, 4) is 0 Å². The Bertz CT molecular complexity index is 766. The van der Waals surface area contributed by atoms with Gasteiger partial charge in [0.2, 0.25) is 5.91 Å². The van der Waals surface area contributed by atoms with Crippen molar-refractivity contribution in [2.45, 2.75) is 37.9 Å². The van der Waals surface area contributed by atoms with E-state index >= 15 is 0 Å². The van der Waals surface area contributed by atoms with Crippen LogP contribution >= 0.6 is 22.9 Å². The molecule has 1 unspecified atom stereocenters. The van der Waals surface area contributed by atoms with E-state index in [0.29, 0.717) is 4.96 Å². The first-order chi connectivity index (χ1) is 9.72. The van der Waals surface area contributed by atoms with Crippen molar-refractivity contribution in [1.29, 1.82) is 0 Å². The number of carbonyl (C=O) groups excluding carboxylic acids is 1. The van der Waals surface area contributed by atoms with Crippen LogP contribution < -0.4 is 10.0 Å². The lowest BCUT2D eigenvalue weighted by Gasteiger charge is -2.15. The Morgan fingerprint density at radius 1 is 1.43 bits per heavy atom. The van der Waals surface area contributed by atoms with E-state index in [1.54, 1.807) is 25.4 Å². The minimum atomic E-state index is -3.96. The van der Waals surface area contributed by atoms with Crippen molar-refractivity contribution in [2.75, 3.05) is 0 Å². The molecule has 0 aliphatic carbocycles. The number of halogens is 1. The minimum absolute atomic E-state index is 0.0772. The Morgan fingerprint density at radius 3 is 2.71 bits per heavy atom. The molecule has 2 heterocycles. The average Bonchev–Trinajstić information content (AvgIpc) is 2.85. The Morgan fingerprint density at radius 2 is 2.10 bits per heavy atom. The second-order valence-electron chi connectivity index (χ2n) is 4.77. The monoisotopic (exact) mass is 350 g/mol. The highest BCUT2D eigenvalue weighted by Crippen LogP contribution is 2.25. The number of thiazole rings is 1. The summed E-state index contributed by atoms with van der Waals surface area (Å²) in [5.41, 5.74) is 0. The van der Waals surface area contributed by atoms with Crippen molar-refractivity contribution < 1.29 is 13.2 Å². The van der Waals surface area contributed by atoms with E-state index in [1.807, 2.05) is 0 Å². The average molecular weight is 351 g/mol. The maximum atomic E-state index is 12.4. The van der Waals surface area contributed by atoms with E-state index < -0.39 is 22.0 Å². The van der Waals surface area contributed by atoms with Gasteiger partial charge in [0.1, 0.15) is 0 Å². The number of amides is 1. The second kappa shape index (κ2) is 5.91. The van der Waals surface area contributed by atoms with Gasteiger partial charge >= 0.3 is 0 Å². The van der Waals surface area contributed by atoms with E-state index in [0.717, 1.165) is 0 Å². The van der Waals surface area contributed by atoms with Crippen LogP contribution in [0.2, 0.25) is 5.15 Å². The quantitative estimate of drug-likeness (QED) is 0.848. The van der Waals surface area contributed by atoms with Gasteiger partial charge in [0.25, 0.3) is 10.0 Å². The van der Waals surface area contributed by atoms with Crippen LogP contribution in [-0.2, 0) is 14.8 Å². The summed E-state index contributed by atoms with van der Waals surface area (Å²) in [7, 11) is -3.96. The molecule has 2 aromatic rings. The van der Waals surface area contributed by atoms with Crippen molar-refractivity contribution in [3.05, 3.63) is 16.7 Å². The van der Waals surface area contributed by atoms with E-state index in [1.165, 1.54) is 22.7 Å². The van der Waals surface area contributed by atoms with Crippen LogP contribution in [0, 0.1) is 0 Å². The number of carbonyl (C=O) groups is 1. The van der Waals surface area contributed by atoms with E-state index in [4.69, 9.17) is 11.6 Å². The Kier molecular flexibility index (Phi) is 4.57. The molecular weight excluding hydrogens is 336 g/mol. The van der Waals surface area contributed by atoms with Crippen LogP contribution in [0.4, 0.5) is 0 Å². The highest BCUT2D eigenvalue weighted by molar-refractivity contribution is 7.89. The van der Waals surface area contributed by atoms with Gasteiger partial charge in [-0.1, -0.05) is 11.6 Å². The van der Waals surface area contributed by atoms with Crippen LogP contribution in [-0.4, -0.2) is 35.8 Å². The topological polar surface area (TPSA) is 92.6 Å². The first-order valence-electron chi connectivity index (χ1n) is 6.16. The third-order valence-electron chi connectivity index (χ3n) is 2.59. The number of nitrogens with one attached hydrogen (secondary N) is 2. The van der Waals surface area contributed by atoms with Gasteiger partial charge < -0.3 is 5.32 Å². The van der Waals surface area contributed by atoms with Crippen LogP contribution in [0.5, 0.6) is 0 Å². The molecule has 0 fully saturated rings. The van der Waals surface area contributed by atoms with Crippen LogP contribution in [0.25, 0.3) is 4.96 Å². The fourth-order valence-corrected chi connectivity index (χ4v) is 4.39. The molecule has 1 atom stereocenters. The highest BCUT2D eigenvalue weighted by atomic mass is 35.5. The maximum Gasteiger partial charge on any atom is 0.260 e. The summed E-state index contributed by atoms with van der Waals surface area (Å²) >= 11 is 7.16. The molecule has 2 N–H and O–H groups in total. The molecule has 116 valence electrons. The normalized spacial score (nSPS) is 13.8. The molecule has 0 aliphatic heterocycles. The van der Waals surface area contributed by atoms with Gasteiger partial charge in [-0.25, -0.2) is 13.4 Å². The molecule has 0 aromatic carbocycles. The van der Waals surface area contributed by atoms with Gasteiger partial charge in [-0.05, 0) is 20.8 Å². The van der Waals surface area contributed by atoms with Crippen molar-refractivity contribution in [3.63, 3.8) is 0 Å². The van der Waals surface area contributed by atoms with Gasteiger partial charge in [0.15, 0.2) is 15.1 Å². The Balaban J connectivity index is 2.28.